The Morgan fingerprint density at radius 3 is 2.93 bits per heavy atom. The fourth-order valence-electron chi connectivity index (χ4n) is 2.00. The summed E-state index contributed by atoms with van der Waals surface area (Å²) in [5.41, 5.74) is 4.24. The highest BCUT2D eigenvalue weighted by Gasteiger charge is 2.18. The lowest BCUT2D eigenvalue weighted by Crippen LogP contribution is -2.29. The molecule has 0 aromatic carbocycles. The van der Waals surface area contributed by atoms with Gasteiger partial charge in [-0.25, -0.2) is 0 Å². The number of nitrogens with two attached hydrogens (primary N) is 1. The average Bonchev–Trinajstić information content (AvgIpc) is 2.90. The molecule has 2 nitrogen and oxygen atoms in total. The molecule has 3 N–H and O–H groups in total. The summed E-state index contributed by atoms with van der Waals surface area (Å²) < 4.78 is 0. The standard InChI is InChI=1S/C11H18N2S2/c12-13-11(9-5-6-14-7-9)8-15-10-3-1-2-4-10/h5-7,10-11,13H,1-4,8,12H2. The SMILES string of the molecule is NNC(CSC1CCCC1)c1ccsc1. The molecule has 1 fully saturated rings. The summed E-state index contributed by atoms with van der Waals surface area (Å²) in [6.07, 6.45) is 5.62. The largest absolute Gasteiger partial charge is 0.271 e. The van der Waals surface area contributed by atoms with Crippen LogP contribution in [-0.4, -0.2) is 11.0 Å². The van der Waals surface area contributed by atoms with Crippen molar-refractivity contribution >= 4 is 23.1 Å². The van der Waals surface area contributed by atoms with Gasteiger partial charge in [-0.15, -0.1) is 0 Å². The van der Waals surface area contributed by atoms with E-state index in [1.807, 2.05) is 0 Å². The number of hydrazine groups is 1. The quantitative estimate of drug-likeness (QED) is 0.616. The van der Waals surface area contributed by atoms with Crippen LogP contribution in [0.3, 0.4) is 0 Å². The van der Waals surface area contributed by atoms with E-state index in [9.17, 15) is 0 Å². The highest BCUT2D eigenvalue weighted by molar-refractivity contribution is 7.99. The van der Waals surface area contributed by atoms with Gasteiger partial charge in [0, 0.05) is 11.0 Å². The van der Waals surface area contributed by atoms with Crippen LogP contribution in [0, 0.1) is 0 Å². The second-order valence-electron chi connectivity index (χ2n) is 4.02. The Morgan fingerprint density at radius 1 is 1.53 bits per heavy atom. The Labute approximate surface area is 99.6 Å². The van der Waals surface area contributed by atoms with Crippen molar-refractivity contribution in [3.05, 3.63) is 22.4 Å². The molecule has 0 spiro atoms. The molecular weight excluding hydrogens is 224 g/mol. The zero-order valence-corrected chi connectivity index (χ0v) is 10.4. The fraction of sp³-hybridized carbons (Fsp3) is 0.636. The van der Waals surface area contributed by atoms with Gasteiger partial charge in [-0.05, 0) is 35.2 Å². The van der Waals surface area contributed by atoms with Crippen LogP contribution in [0.25, 0.3) is 0 Å². The second-order valence-corrected chi connectivity index (χ2v) is 6.13. The molecule has 0 bridgehead atoms. The first-order valence-electron chi connectivity index (χ1n) is 5.50. The Kier molecular flexibility index (Phi) is 4.50. The van der Waals surface area contributed by atoms with E-state index in [-0.39, 0.29) is 0 Å². The fourth-order valence-corrected chi connectivity index (χ4v) is 4.14. The van der Waals surface area contributed by atoms with E-state index in [1.54, 1.807) is 11.3 Å². The topological polar surface area (TPSA) is 38.0 Å². The minimum atomic E-state index is 0.321. The zero-order valence-electron chi connectivity index (χ0n) is 8.82. The van der Waals surface area contributed by atoms with Crippen molar-refractivity contribution in [2.24, 2.45) is 5.84 Å². The van der Waals surface area contributed by atoms with E-state index in [0.29, 0.717) is 6.04 Å². The van der Waals surface area contributed by atoms with Crippen LogP contribution in [0.2, 0.25) is 0 Å². The maximum Gasteiger partial charge on any atom is 0.0558 e. The molecule has 1 aliphatic carbocycles. The van der Waals surface area contributed by atoms with Gasteiger partial charge in [-0.3, -0.25) is 11.3 Å². The molecule has 4 heteroatoms. The lowest BCUT2D eigenvalue weighted by atomic mass is 10.2. The Balaban J connectivity index is 1.80. The lowest BCUT2D eigenvalue weighted by molar-refractivity contribution is 0.611. The smallest absolute Gasteiger partial charge is 0.0558 e. The minimum absolute atomic E-state index is 0.321. The summed E-state index contributed by atoms with van der Waals surface area (Å²) >= 11 is 3.81. The molecule has 0 amide bonds. The van der Waals surface area contributed by atoms with Crippen LogP contribution in [0.15, 0.2) is 16.8 Å². The van der Waals surface area contributed by atoms with Crippen molar-refractivity contribution < 1.29 is 0 Å². The summed E-state index contributed by atoms with van der Waals surface area (Å²) in [6.45, 7) is 0. The predicted octanol–water partition coefficient (Wildman–Crippen LogP) is 2.93. The average molecular weight is 242 g/mol. The molecule has 1 aliphatic rings. The molecule has 1 heterocycles. The number of thiophene rings is 1. The van der Waals surface area contributed by atoms with E-state index >= 15 is 0 Å². The van der Waals surface area contributed by atoms with Crippen molar-refractivity contribution in [1.82, 2.24) is 5.43 Å². The Hall–Kier alpha value is -0.0300. The third-order valence-corrected chi connectivity index (χ3v) is 5.12. The molecule has 15 heavy (non-hydrogen) atoms. The van der Waals surface area contributed by atoms with E-state index in [4.69, 9.17) is 5.84 Å². The van der Waals surface area contributed by atoms with Gasteiger partial charge in [-0.1, -0.05) is 12.8 Å². The number of rotatable bonds is 5. The first-order valence-corrected chi connectivity index (χ1v) is 7.49. The van der Waals surface area contributed by atoms with Crippen LogP contribution in [-0.2, 0) is 0 Å². The van der Waals surface area contributed by atoms with Crippen LogP contribution in [0.5, 0.6) is 0 Å². The lowest BCUT2D eigenvalue weighted by Gasteiger charge is -2.16. The summed E-state index contributed by atoms with van der Waals surface area (Å²) in [7, 11) is 0. The second kappa shape index (κ2) is 5.89. The molecule has 0 saturated heterocycles. The highest BCUT2D eigenvalue weighted by atomic mass is 32.2. The van der Waals surface area contributed by atoms with Crippen molar-refractivity contribution in [3.8, 4) is 0 Å². The van der Waals surface area contributed by atoms with E-state index in [0.717, 1.165) is 11.0 Å². The van der Waals surface area contributed by atoms with Crippen LogP contribution < -0.4 is 11.3 Å². The first-order chi connectivity index (χ1) is 7.40. The van der Waals surface area contributed by atoms with Gasteiger partial charge in [0.2, 0.25) is 0 Å². The van der Waals surface area contributed by atoms with Gasteiger partial charge in [0.05, 0.1) is 6.04 Å². The maximum absolute atomic E-state index is 5.59. The van der Waals surface area contributed by atoms with Gasteiger partial charge in [-0.2, -0.15) is 23.1 Å². The number of nitrogens with one attached hydrogen (secondary N) is 1. The van der Waals surface area contributed by atoms with Gasteiger partial charge in [0.15, 0.2) is 0 Å². The molecule has 1 unspecified atom stereocenters. The zero-order chi connectivity index (χ0) is 10.5. The van der Waals surface area contributed by atoms with E-state index < -0.39 is 0 Å². The van der Waals surface area contributed by atoms with Gasteiger partial charge >= 0.3 is 0 Å². The summed E-state index contributed by atoms with van der Waals surface area (Å²) in [6, 6.07) is 2.48. The Morgan fingerprint density at radius 2 is 2.33 bits per heavy atom. The molecule has 1 saturated carbocycles. The third-order valence-electron chi connectivity index (χ3n) is 2.95. The maximum atomic E-state index is 5.59. The van der Waals surface area contributed by atoms with Crippen molar-refractivity contribution in [1.29, 1.82) is 0 Å². The van der Waals surface area contributed by atoms with E-state index in [2.05, 4.69) is 34.0 Å². The third kappa shape index (κ3) is 3.21. The van der Waals surface area contributed by atoms with Gasteiger partial charge < -0.3 is 0 Å². The van der Waals surface area contributed by atoms with Crippen LogP contribution >= 0.6 is 23.1 Å². The molecular formula is C11H18N2S2. The van der Waals surface area contributed by atoms with E-state index in [1.165, 1.54) is 31.2 Å². The predicted molar refractivity (Wildman–Crippen MR) is 69.1 cm³/mol. The summed E-state index contributed by atoms with van der Waals surface area (Å²) in [5, 5.41) is 5.17. The van der Waals surface area contributed by atoms with Crippen molar-refractivity contribution in [2.75, 3.05) is 5.75 Å². The van der Waals surface area contributed by atoms with Crippen molar-refractivity contribution in [2.45, 2.75) is 37.0 Å². The monoisotopic (exact) mass is 242 g/mol. The van der Waals surface area contributed by atoms with Crippen LogP contribution in [0.1, 0.15) is 37.3 Å². The normalized spacial score (nSPS) is 19.5. The minimum Gasteiger partial charge on any atom is -0.271 e. The van der Waals surface area contributed by atoms with Crippen LogP contribution in [0.4, 0.5) is 0 Å². The molecule has 2 rings (SSSR count). The highest BCUT2D eigenvalue weighted by Crippen LogP contribution is 2.32. The first kappa shape index (κ1) is 11.5. The summed E-state index contributed by atoms with van der Waals surface area (Å²) in [4.78, 5) is 0. The molecule has 1 aromatic rings. The molecule has 1 atom stereocenters. The Bertz CT molecular complexity index is 268. The van der Waals surface area contributed by atoms with Gasteiger partial charge in [0.25, 0.3) is 0 Å². The number of thioether (sulfide) groups is 1. The molecule has 1 aromatic heterocycles. The molecule has 0 radical (unpaired) electrons. The van der Waals surface area contributed by atoms with Crippen molar-refractivity contribution in [3.63, 3.8) is 0 Å². The molecule has 0 aliphatic heterocycles. The number of hydrogen-bond acceptors (Lipinski definition) is 4. The van der Waals surface area contributed by atoms with Gasteiger partial charge in [0.1, 0.15) is 0 Å². The molecule has 84 valence electrons. The summed E-state index contributed by atoms with van der Waals surface area (Å²) in [5.74, 6) is 6.69. The number of hydrogen-bond donors (Lipinski definition) is 2.